The van der Waals surface area contributed by atoms with Gasteiger partial charge in [0.2, 0.25) is 0 Å². The van der Waals surface area contributed by atoms with E-state index < -0.39 is 18.4 Å². The second-order valence-corrected chi connectivity index (χ2v) is 9.47. The van der Waals surface area contributed by atoms with Crippen molar-refractivity contribution in [1.82, 2.24) is 19.5 Å². The highest BCUT2D eigenvalue weighted by molar-refractivity contribution is 6.14. The maximum atomic E-state index is 10.2. The minimum Gasteiger partial charge on any atom is -0.394 e. The lowest BCUT2D eigenvalue weighted by Gasteiger charge is -2.15. The number of nitrogens with one attached hydrogen (secondary N) is 1. The Morgan fingerprint density at radius 1 is 0.892 bits per heavy atom. The molecule has 0 bridgehead atoms. The number of anilines is 1. The molecule has 37 heavy (non-hydrogen) atoms. The summed E-state index contributed by atoms with van der Waals surface area (Å²) in [6, 6.07) is 23.6. The summed E-state index contributed by atoms with van der Waals surface area (Å²) in [5, 5.41) is 30.4. The fourth-order valence-electron chi connectivity index (χ4n) is 5.52. The molecule has 6 aromatic rings. The summed E-state index contributed by atoms with van der Waals surface area (Å²) >= 11 is 0. The van der Waals surface area contributed by atoms with E-state index in [9.17, 15) is 10.2 Å². The van der Waals surface area contributed by atoms with Gasteiger partial charge in [-0.25, -0.2) is 15.0 Å². The van der Waals surface area contributed by atoms with E-state index in [1.54, 1.807) is 10.9 Å². The summed E-state index contributed by atoms with van der Waals surface area (Å²) in [5.41, 5.74) is 2.43. The number of imidazole rings is 1. The van der Waals surface area contributed by atoms with Gasteiger partial charge in [0.1, 0.15) is 18.7 Å². The average molecular weight is 492 g/mol. The van der Waals surface area contributed by atoms with E-state index in [4.69, 9.17) is 4.74 Å². The third-order valence-electron chi connectivity index (χ3n) is 7.37. The van der Waals surface area contributed by atoms with Crippen LogP contribution in [0, 0.1) is 0 Å². The quantitative estimate of drug-likeness (QED) is 0.240. The van der Waals surface area contributed by atoms with Crippen molar-refractivity contribution >= 4 is 49.3 Å². The van der Waals surface area contributed by atoms with Crippen molar-refractivity contribution in [2.75, 3.05) is 11.9 Å². The zero-order chi connectivity index (χ0) is 24.9. The number of nitrogens with zero attached hydrogens (tertiary/aromatic N) is 4. The van der Waals surface area contributed by atoms with Crippen LogP contribution in [0.3, 0.4) is 0 Å². The fraction of sp³-hybridized carbons (Fsp3) is 0.207. The lowest BCUT2D eigenvalue weighted by atomic mass is 9.93. The van der Waals surface area contributed by atoms with E-state index in [1.165, 1.54) is 44.2 Å². The molecule has 8 nitrogen and oxygen atoms in total. The van der Waals surface area contributed by atoms with Crippen LogP contribution in [0.25, 0.3) is 43.5 Å². The van der Waals surface area contributed by atoms with Crippen molar-refractivity contribution in [3.05, 3.63) is 84.9 Å². The van der Waals surface area contributed by atoms with Crippen molar-refractivity contribution in [3.8, 4) is 0 Å². The van der Waals surface area contributed by atoms with Gasteiger partial charge < -0.3 is 20.3 Å². The van der Waals surface area contributed by atoms with Gasteiger partial charge in [-0.1, -0.05) is 60.7 Å². The highest BCUT2D eigenvalue weighted by Crippen LogP contribution is 2.35. The number of aromatic nitrogens is 4. The lowest BCUT2D eigenvalue weighted by molar-refractivity contribution is -0.0432. The van der Waals surface area contributed by atoms with E-state index in [-0.39, 0.29) is 6.61 Å². The number of rotatable bonds is 5. The Labute approximate surface area is 212 Å². The molecule has 1 aliphatic heterocycles. The van der Waals surface area contributed by atoms with Gasteiger partial charge in [0.05, 0.1) is 19.0 Å². The summed E-state index contributed by atoms with van der Waals surface area (Å²) in [6.45, 7) is 0.320. The molecule has 3 heterocycles. The topological polar surface area (TPSA) is 105 Å². The largest absolute Gasteiger partial charge is 0.394 e. The van der Waals surface area contributed by atoms with Crippen molar-refractivity contribution < 1.29 is 14.9 Å². The molecule has 1 aliphatic rings. The first kappa shape index (κ1) is 22.1. The van der Waals surface area contributed by atoms with Crippen LogP contribution in [0.15, 0.2) is 79.4 Å². The van der Waals surface area contributed by atoms with E-state index in [2.05, 4.69) is 87.0 Å². The van der Waals surface area contributed by atoms with Crippen molar-refractivity contribution in [3.63, 3.8) is 0 Å². The molecule has 184 valence electrons. The maximum absolute atomic E-state index is 10.2. The molecule has 3 atom stereocenters. The minimum absolute atomic E-state index is 0.236. The molecule has 0 radical (unpaired) electrons. The number of aliphatic hydroxyl groups excluding tert-OH is 2. The number of benzene rings is 4. The van der Waals surface area contributed by atoms with Crippen LogP contribution in [-0.2, 0) is 11.3 Å². The smallest absolute Gasteiger partial charge is 0.167 e. The highest BCUT2D eigenvalue weighted by atomic mass is 16.5. The summed E-state index contributed by atoms with van der Waals surface area (Å²) in [5.74, 6) is 0.628. The van der Waals surface area contributed by atoms with E-state index in [0.717, 1.165) is 0 Å². The van der Waals surface area contributed by atoms with Crippen LogP contribution >= 0.6 is 0 Å². The first-order valence-corrected chi connectivity index (χ1v) is 12.4. The van der Waals surface area contributed by atoms with Gasteiger partial charge >= 0.3 is 0 Å². The molecule has 0 aliphatic carbocycles. The van der Waals surface area contributed by atoms with Crippen LogP contribution < -0.4 is 5.32 Å². The van der Waals surface area contributed by atoms with Gasteiger partial charge in [0, 0.05) is 13.0 Å². The second-order valence-electron chi connectivity index (χ2n) is 9.47. The molecule has 1 saturated heterocycles. The molecule has 0 saturated carbocycles. The number of fused-ring (bicyclic) bond motifs is 5. The molecule has 4 aromatic carbocycles. The van der Waals surface area contributed by atoms with Gasteiger partial charge in [-0.05, 0) is 43.9 Å². The Kier molecular flexibility index (Phi) is 5.24. The fourth-order valence-corrected chi connectivity index (χ4v) is 5.52. The molecular weight excluding hydrogens is 466 g/mol. The van der Waals surface area contributed by atoms with Gasteiger partial charge in [-0.2, -0.15) is 0 Å². The van der Waals surface area contributed by atoms with Gasteiger partial charge in [0.15, 0.2) is 17.0 Å². The third kappa shape index (κ3) is 3.61. The van der Waals surface area contributed by atoms with Crippen LogP contribution in [0.1, 0.15) is 18.2 Å². The van der Waals surface area contributed by atoms with Gasteiger partial charge in [-0.3, -0.25) is 4.57 Å². The van der Waals surface area contributed by atoms with Crippen molar-refractivity contribution in [2.45, 2.75) is 31.4 Å². The Morgan fingerprint density at radius 2 is 1.70 bits per heavy atom. The predicted octanol–water partition coefficient (Wildman–Crippen LogP) is 4.54. The SMILES string of the molecule is OCC1OC(n2cnc3c(NCc4c5ccccc5cc5c4ccc4ccccc45)ncnc32)CC1O. The van der Waals surface area contributed by atoms with Crippen LogP contribution in [0.2, 0.25) is 0 Å². The summed E-state index contributed by atoms with van der Waals surface area (Å²) in [7, 11) is 0. The number of aliphatic hydroxyl groups is 2. The van der Waals surface area contributed by atoms with Crippen LogP contribution in [0.4, 0.5) is 5.82 Å². The third-order valence-corrected chi connectivity index (χ3v) is 7.37. The number of hydrogen-bond donors (Lipinski definition) is 3. The van der Waals surface area contributed by atoms with Crippen LogP contribution in [0.5, 0.6) is 0 Å². The van der Waals surface area contributed by atoms with Crippen molar-refractivity contribution in [1.29, 1.82) is 0 Å². The minimum atomic E-state index is -0.734. The molecule has 3 N–H and O–H groups in total. The summed E-state index contributed by atoms with van der Waals surface area (Å²) < 4.78 is 7.61. The monoisotopic (exact) mass is 491 g/mol. The molecule has 7 rings (SSSR count). The molecular formula is C29H25N5O3. The lowest BCUT2D eigenvalue weighted by Crippen LogP contribution is -2.24. The van der Waals surface area contributed by atoms with Gasteiger partial charge in [-0.15, -0.1) is 0 Å². The Morgan fingerprint density at radius 3 is 2.54 bits per heavy atom. The molecule has 1 fully saturated rings. The standard InChI is InChI=1S/C29H25N5O3/c35-14-25-24(36)12-26(37-25)34-16-33-27-28(31-15-32-29(27)34)30-13-23-20-8-4-2-6-18(20)11-22-19-7-3-1-5-17(19)9-10-21(22)23/h1-11,15-16,24-26,35-36H,12-14H2,(H,30,31,32). The number of hydrogen-bond acceptors (Lipinski definition) is 7. The predicted molar refractivity (Wildman–Crippen MR) is 143 cm³/mol. The molecule has 2 aromatic heterocycles. The average Bonchev–Trinajstić information content (AvgIpc) is 3.54. The normalized spacial score (nSPS) is 19.9. The first-order chi connectivity index (χ1) is 18.2. The van der Waals surface area contributed by atoms with E-state index in [1.807, 2.05) is 0 Å². The molecule has 0 amide bonds. The maximum Gasteiger partial charge on any atom is 0.167 e. The highest BCUT2D eigenvalue weighted by Gasteiger charge is 2.35. The Hall–Kier alpha value is -4.11. The number of ether oxygens (including phenoxy) is 1. The summed E-state index contributed by atoms with van der Waals surface area (Å²) in [4.78, 5) is 13.5. The zero-order valence-electron chi connectivity index (χ0n) is 20.0. The zero-order valence-corrected chi connectivity index (χ0v) is 20.0. The molecule has 3 unspecified atom stereocenters. The Balaban J connectivity index is 1.29. The van der Waals surface area contributed by atoms with E-state index >= 15 is 0 Å². The second kappa shape index (κ2) is 8.77. The van der Waals surface area contributed by atoms with Crippen molar-refractivity contribution in [2.24, 2.45) is 0 Å². The molecule has 8 heteroatoms. The van der Waals surface area contributed by atoms with Crippen LogP contribution in [-0.4, -0.2) is 48.5 Å². The van der Waals surface area contributed by atoms with Gasteiger partial charge in [0.25, 0.3) is 0 Å². The summed E-state index contributed by atoms with van der Waals surface area (Å²) in [6.07, 6.45) is 1.72. The van der Waals surface area contributed by atoms with E-state index in [0.29, 0.717) is 29.9 Å². The Bertz CT molecular complexity index is 1780. The first-order valence-electron chi connectivity index (χ1n) is 12.4. The molecule has 0 spiro atoms.